The van der Waals surface area contributed by atoms with Gasteiger partial charge < -0.3 is 19.8 Å². The van der Waals surface area contributed by atoms with Crippen molar-refractivity contribution in [1.29, 1.82) is 0 Å². The zero-order valence-electron chi connectivity index (χ0n) is 14.3. The fourth-order valence-corrected chi connectivity index (χ4v) is 2.82. The smallest absolute Gasteiger partial charge is 0.308 e. The predicted molar refractivity (Wildman–Crippen MR) is 93.2 cm³/mol. The average molecular weight is 360 g/mol. The molecule has 10 nitrogen and oxygen atoms in total. The molecule has 1 amide bonds. The number of amides is 1. The first-order valence-electron chi connectivity index (χ1n) is 8.13. The van der Waals surface area contributed by atoms with E-state index in [9.17, 15) is 9.59 Å². The summed E-state index contributed by atoms with van der Waals surface area (Å²) in [5.74, 6) is 0.250. The number of carbonyl (C=O) groups excluding carboxylic acids is 2. The standard InChI is InChI=1S/C16H20N6O4/c1-25-16(24)10-4-6-22(7-5-10)14-12(17)13(18-9-19-14)20-21-15(23)11-3-2-8-26-11/h2-3,8-10H,4-7,17H2,1H3,(H,21,23)(H,18,19,20). The number of nitrogens with two attached hydrogens (primary N) is 1. The minimum atomic E-state index is -0.451. The third-order valence-corrected chi connectivity index (χ3v) is 4.23. The van der Waals surface area contributed by atoms with Crippen LogP contribution in [0.4, 0.5) is 17.3 Å². The Labute approximate surface area is 149 Å². The van der Waals surface area contributed by atoms with Gasteiger partial charge in [0.2, 0.25) is 0 Å². The number of piperidine rings is 1. The second-order valence-corrected chi connectivity index (χ2v) is 5.80. The van der Waals surface area contributed by atoms with Crippen molar-refractivity contribution in [2.75, 3.05) is 36.3 Å². The Kier molecular flexibility index (Phi) is 5.20. The van der Waals surface area contributed by atoms with Crippen molar-refractivity contribution >= 4 is 29.2 Å². The number of rotatable bonds is 5. The van der Waals surface area contributed by atoms with Crippen LogP contribution in [0.5, 0.6) is 0 Å². The number of nitrogen functional groups attached to an aromatic ring is 1. The van der Waals surface area contributed by atoms with Gasteiger partial charge in [-0.15, -0.1) is 0 Å². The van der Waals surface area contributed by atoms with Gasteiger partial charge in [0.05, 0.1) is 19.3 Å². The number of nitrogens with zero attached hydrogens (tertiary/aromatic N) is 3. The number of esters is 1. The number of carbonyl (C=O) groups is 2. The molecule has 2 aromatic heterocycles. The summed E-state index contributed by atoms with van der Waals surface area (Å²) in [4.78, 5) is 33.8. The highest BCUT2D eigenvalue weighted by Crippen LogP contribution is 2.29. The number of ether oxygens (including phenoxy) is 1. The number of hydrogen-bond acceptors (Lipinski definition) is 9. The Morgan fingerprint density at radius 2 is 2.12 bits per heavy atom. The van der Waals surface area contributed by atoms with Crippen LogP contribution in [0.3, 0.4) is 0 Å². The summed E-state index contributed by atoms with van der Waals surface area (Å²) in [6, 6.07) is 3.15. The van der Waals surface area contributed by atoms with Crippen molar-refractivity contribution in [2.45, 2.75) is 12.8 Å². The molecule has 3 heterocycles. The fourth-order valence-electron chi connectivity index (χ4n) is 2.82. The van der Waals surface area contributed by atoms with E-state index in [2.05, 4.69) is 20.8 Å². The van der Waals surface area contributed by atoms with Gasteiger partial charge in [-0.3, -0.25) is 20.4 Å². The molecular weight excluding hydrogens is 340 g/mol. The Morgan fingerprint density at radius 3 is 2.77 bits per heavy atom. The summed E-state index contributed by atoms with van der Waals surface area (Å²) >= 11 is 0. The van der Waals surface area contributed by atoms with Crippen molar-refractivity contribution in [1.82, 2.24) is 15.4 Å². The predicted octanol–water partition coefficient (Wildman–Crippen LogP) is 0.798. The number of aromatic nitrogens is 2. The van der Waals surface area contributed by atoms with Crippen LogP contribution in [0.2, 0.25) is 0 Å². The van der Waals surface area contributed by atoms with Crippen LogP contribution in [-0.2, 0) is 9.53 Å². The van der Waals surface area contributed by atoms with Crippen molar-refractivity contribution in [3.8, 4) is 0 Å². The summed E-state index contributed by atoms with van der Waals surface area (Å²) in [5.41, 5.74) is 11.6. The van der Waals surface area contributed by atoms with Gasteiger partial charge in [0.1, 0.15) is 12.0 Å². The van der Waals surface area contributed by atoms with Crippen LogP contribution in [-0.4, -0.2) is 42.0 Å². The highest BCUT2D eigenvalue weighted by Gasteiger charge is 2.27. The zero-order chi connectivity index (χ0) is 18.5. The monoisotopic (exact) mass is 360 g/mol. The van der Waals surface area contributed by atoms with Crippen molar-refractivity contribution in [3.63, 3.8) is 0 Å². The van der Waals surface area contributed by atoms with Crippen molar-refractivity contribution < 1.29 is 18.7 Å². The molecule has 1 saturated heterocycles. The maximum Gasteiger partial charge on any atom is 0.308 e. The summed E-state index contributed by atoms with van der Waals surface area (Å²) in [7, 11) is 1.39. The summed E-state index contributed by atoms with van der Waals surface area (Å²) < 4.78 is 9.80. The molecule has 1 fully saturated rings. The molecule has 0 unspecified atom stereocenters. The molecule has 0 aromatic carbocycles. The Bertz CT molecular complexity index is 771. The lowest BCUT2D eigenvalue weighted by atomic mass is 9.97. The number of anilines is 3. The van der Waals surface area contributed by atoms with E-state index in [-0.39, 0.29) is 23.5 Å². The first-order chi connectivity index (χ1) is 12.6. The molecule has 138 valence electrons. The van der Waals surface area contributed by atoms with Gasteiger partial charge in [-0.1, -0.05) is 0 Å². The Morgan fingerprint density at radius 1 is 1.35 bits per heavy atom. The molecule has 3 rings (SSSR count). The van der Waals surface area contributed by atoms with Crippen LogP contribution in [0.15, 0.2) is 29.1 Å². The third-order valence-electron chi connectivity index (χ3n) is 4.23. The molecular formula is C16H20N6O4. The van der Waals surface area contributed by atoms with Crippen molar-refractivity contribution in [2.24, 2.45) is 5.92 Å². The molecule has 10 heteroatoms. The molecule has 26 heavy (non-hydrogen) atoms. The van der Waals surface area contributed by atoms with E-state index in [0.717, 1.165) is 0 Å². The highest BCUT2D eigenvalue weighted by molar-refractivity contribution is 5.92. The molecule has 0 atom stereocenters. The van der Waals surface area contributed by atoms with Crippen LogP contribution >= 0.6 is 0 Å². The average Bonchev–Trinajstić information content (AvgIpc) is 3.21. The van der Waals surface area contributed by atoms with Gasteiger partial charge in [0.25, 0.3) is 0 Å². The maximum absolute atomic E-state index is 11.9. The zero-order valence-corrected chi connectivity index (χ0v) is 14.3. The largest absolute Gasteiger partial charge is 0.469 e. The van der Waals surface area contributed by atoms with Gasteiger partial charge in [0, 0.05) is 13.1 Å². The Balaban J connectivity index is 1.64. The van der Waals surface area contributed by atoms with Crippen LogP contribution < -0.4 is 21.5 Å². The van der Waals surface area contributed by atoms with Crippen LogP contribution in [0, 0.1) is 5.92 Å². The molecule has 0 radical (unpaired) electrons. The minimum absolute atomic E-state index is 0.107. The summed E-state index contributed by atoms with van der Waals surface area (Å²) in [5, 5.41) is 0. The molecule has 0 spiro atoms. The second-order valence-electron chi connectivity index (χ2n) is 5.80. The van der Waals surface area contributed by atoms with Gasteiger partial charge in [-0.2, -0.15) is 0 Å². The maximum atomic E-state index is 11.9. The molecule has 0 bridgehead atoms. The molecule has 4 N–H and O–H groups in total. The van der Waals surface area contributed by atoms with E-state index >= 15 is 0 Å². The van der Waals surface area contributed by atoms with Crippen LogP contribution in [0.25, 0.3) is 0 Å². The molecule has 1 aliphatic heterocycles. The number of hydrogen-bond donors (Lipinski definition) is 3. The quantitative estimate of drug-likeness (QED) is 0.522. The van der Waals surface area contributed by atoms with E-state index in [4.69, 9.17) is 14.9 Å². The number of furan rings is 1. The number of nitrogens with one attached hydrogen (secondary N) is 2. The summed E-state index contributed by atoms with van der Waals surface area (Å²) in [6.07, 6.45) is 4.09. The number of methoxy groups -OCH3 is 1. The topological polar surface area (TPSA) is 136 Å². The van der Waals surface area contributed by atoms with Crippen molar-refractivity contribution in [3.05, 3.63) is 30.5 Å². The van der Waals surface area contributed by atoms with Gasteiger partial charge in [0.15, 0.2) is 17.4 Å². The third kappa shape index (κ3) is 3.68. The highest BCUT2D eigenvalue weighted by atomic mass is 16.5. The van der Waals surface area contributed by atoms with Gasteiger partial charge in [-0.05, 0) is 25.0 Å². The first-order valence-corrected chi connectivity index (χ1v) is 8.13. The molecule has 2 aromatic rings. The Hall–Kier alpha value is -3.30. The first kappa shape index (κ1) is 17.5. The molecule has 1 aliphatic rings. The van der Waals surface area contributed by atoms with E-state index in [0.29, 0.717) is 37.4 Å². The number of hydrazine groups is 1. The second kappa shape index (κ2) is 7.72. The molecule has 0 aliphatic carbocycles. The summed E-state index contributed by atoms with van der Waals surface area (Å²) in [6.45, 7) is 1.25. The van der Waals surface area contributed by atoms with Gasteiger partial charge >= 0.3 is 11.9 Å². The minimum Gasteiger partial charge on any atom is -0.469 e. The lowest BCUT2D eigenvalue weighted by Crippen LogP contribution is -2.38. The normalized spacial score (nSPS) is 14.7. The molecule has 0 saturated carbocycles. The lowest BCUT2D eigenvalue weighted by Gasteiger charge is -2.32. The van der Waals surface area contributed by atoms with E-state index in [1.165, 1.54) is 25.8 Å². The van der Waals surface area contributed by atoms with E-state index in [1.807, 2.05) is 4.90 Å². The lowest BCUT2D eigenvalue weighted by molar-refractivity contribution is -0.146. The van der Waals surface area contributed by atoms with Gasteiger partial charge in [-0.25, -0.2) is 9.97 Å². The van der Waals surface area contributed by atoms with Crippen LogP contribution in [0.1, 0.15) is 23.4 Å². The SMILES string of the molecule is COC(=O)C1CCN(c2ncnc(NNC(=O)c3ccco3)c2N)CC1. The fraction of sp³-hybridized carbons (Fsp3) is 0.375. The van der Waals surface area contributed by atoms with E-state index in [1.54, 1.807) is 6.07 Å². The van der Waals surface area contributed by atoms with E-state index < -0.39 is 5.91 Å².